The summed E-state index contributed by atoms with van der Waals surface area (Å²) in [4.78, 5) is 46.1. The van der Waals surface area contributed by atoms with E-state index >= 15 is 0 Å². The standard InChI is InChI=1S/C26H30N4O6/c31-23(29-27-21(15-17-25(33)34)19-9-3-1-4-10-19)13-7-8-14-24(32)30-28-22(16-18-26(35)36)20-11-5-2-6-12-20/h1-6,9-12H,7-8,13-18H2,(H,29,31)(H,30,32)(H,33,34)(H,35,36). The zero-order valence-electron chi connectivity index (χ0n) is 19.9. The number of hydrazone groups is 2. The maximum atomic E-state index is 12.2. The molecule has 0 radical (unpaired) electrons. The van der Waals surface area contributed by atoms with Crippen LogP contribution in [0.3, 0.4) is 0 Å². The third kappa shape index (κ3) is 11.2. The highest BCUT2D eigenvalue weighted by atomic mass is 16.4. The van der Waals surface area contributed by atoms with Gasteiger partial charge in [-0.3, -0.25) is 19.2 Å². The Labute approximate surface area is 209 Å². The molecule has 0 saturated heterocycles. The molecule has 0 heterocycles. The van der Waals surface area contributed by atoms with E-state index in [-0.39, 0.29) is 50.3 Å². The number of carbonyl (C=O) groups excluding carboxylic acids is 2. The topological polar surface area (TPSA) is 158 Å². The third-order valence-corrected chi connectivity index (χ3v) is 5.05. The molecular formula is C26H30N4O6. The van der Waals surface area contributed by atoms with Gasteiger partial charge in [-0.05, 0) is 24.0 Å². The Morgan fingerprint density at radius 2 is 0.917 bits per heavy atom. The molecule has 2 aromatic rings. The van der Waals surface area contributed by atoms with Crippen molar-refractivity contribution in [2.24, 2.45) is 10.2 Å². The van der Waals surface area contributed by atoms with Crippen LogP contribution in [0, 0.1) is 0 Å². The van der Waals surface area contributed by atoms with Crippen molar-refractivity contribution in [2.45, 2.75) is 51.4 Å². The molecule has 0 unspecified atom stereocenters. The smallest absolute Gasteiger partial charge is 0.303 e. The zero-order chi connectivity index (χ0) is 26.2. The highest BCUT2D eigenvalue weighted by Crippen LogP contribution is 2.08. The maximum Gasteiger partial charge on any atom is 0.303 e. The fraction of sp³-hybridized carbons (Fsp3) is 0.308. The van der Waals surface area contributed by atoms with Crippen molar-refractivity contribution >= 4 is 35.2 Å². The van der Waals surface area contributed by atoms with Crippen LogP contribution in [0.1, 0.15) is 62.5 Å². The number of hydrogen-bond donors (Lipinski definition) is 4. The van der Waals surface area contributed by atoms with Gasteiger partial charge in [-0.15, -0.1) is 0 Å². The molecular weight excluding hydrogens is 464 g/mol. The van der Waals surface area contributed by atoms with E-state index in [4.69, 9.17) is 10.2 Å². The summed E-state index contributed by atoms with van der Waals surface area (Å²) in [5.74, 6) is -2.58. The van der Waals surface area contributed by atoms with Crippen molar-refractivity contribution in [1.29, 1.82) is 0 Å². The molecule has 10 heteroatoms. The second kappa shape index (κ2) is 15.5. The number of unbranched alkanes of at least 4 members (excludes halogenated alkanes) is 1. The number of aliphatic carboxylic acids is 2. The van der Waals surface area contributed by atoms with E-state index in [1.54, 1.807) is 48.5 Å². The highest BCUT2D eigenvalue weighted by Gasteiger charge is 2.10. The summed E-state index contributed by atoms with van der Waals surface area (Å²) < 4.78 is 0. The van der Waals surface area contributed by atoms with Crippen LogP contribution < -0.4 is 10.9 Å². The lowest BCUT2D eigenvalue weighted by molar-refractivity contribution is -0.137. The fourth-order valence-corrected chi connectivity index (χ4v) is 3.18. The van der Waals surface area contributed by atoms with Crippen molar-refractivity contribution in [3.05, 3.63) is 71.8 Å². The van der Waals surface area contributed by atoms with Crippen LogP contribution >= 0.6 is 0 Å². The molecule has 190 valence electrons. The predicted octanol–water partition coefficient (Wildman–Crippen LogP) is 3.32. The first kappa shape index (κ1) is 27.9. The molecule has 0 atom stereocenters. The molecule has 0 bridgehead atoms. The predicted molar refractivity (Wildman–Crippen MR) is 134 cm³/mol. The summed E-state index contributed by atoms with van der Waals surface area (Å²) in [6.45, 7) is 0. The molecule has 0 spiro atoms. The van der Waals surface area contributed by atoms with Crippen molar-refractivity contribution in [3.8, 4) is 0 Å². The molecule has 0 saturated carbocycles. The number of nitrogens with one attached hydrogen (secondary N) is 2. The number of benzene rings is 2. The molecule has 2 aromatic carbocycles. The lowest BCUT2D eigenvalue weighted by atomic mass is 10.1. The van der Waals surface area contributed by atoms with E-state index < -0.39 is 11.9 Å². The van der Waals surface area contributed by atoms with Gasteiger partial charge in [0.1, 0.15) is 0 Å². The van der Waals surface area contributed by atoms with Gasteiger partial charge in [0.15, 0.2) is 0 Å². The highest BCUT2D eigenvalue weighted by molar-refractivity contribution is 6.02. The van der Waals surface area contributed by atoms with E-state index in [0.29, 0.717) is 24.3 Å². The number of rotatable bonds is 15. The quantitative estimate of drug-likeness (QED) is 0.169. The van der Waals surface area contributed by atoms with Crippen LogP contribution in [0.4, 0.5) is 0 Å². The number of carbonyl (C=O) groups is 4. The van der Waals surface area contributed by atoms with E-state index in [0.717, 1.165) is 11.1 Å². The number of hydrogen-bond acceptors (Lipinski definition) is 6. The summed E-state index contributed by atoms with van der Waals surface area (Å²) in [6.07, 6.45) is 1.32. The van der Waals surface area contributed by atoms with Crippen LogP contribution in [-0.2, 0) is 19.2 Å². The monoisotopic (exact) mass is 494 g/mol. The molecule has 36 heavy (non-hydrogen) atoms. The minimum Gasteiger partial charge on any atom is -0.481 e. The summed E-state index contributed by atoms with van der Waals surface area (Å²) in [7, 11) is 0. The van der Waals surface area contributed by atoms with Crippen LogP contribution in [0.5, 0.6) is 0 Å². The molecule has 10 nitrogen and oxygen atoms in total. The Balaban J connectivity index is 1.80. The van der Waals surface area contributed by atoms with E-state index in [2.05, 4.69) is 21.1 Å². The Morgan fingerprint density at radius 1 is 0.556 bits per heavy atom. The molecule has 4 N–H and O–H groups in total. The van der Waals surface area contributed by atoms with Gasteiger partial charge in [-0.2, -0.15) is 10.2 Å². The van der Waals surface area contributed by atoms with Gasteiger partial charge in [-0.1, -0.05) is 60.7 Å². The first-order chi connectivity index (χ1) is 17.3. The minimum atomic E-state index is -0.953. The lowest BCUT2D eigenvalue weighted by Gasteiger charge is -2.07. The van der Waals surface area contributed by atoms with Crippen LogP contribution in [-0.4, -0.2) is 45.4 Å². The SMILES string of the molecule is O=C(O)CCC(=NNC(=O)CCCCC(=O)NN=C(CCC(=O)O)c1ccccc1)c1ccccc1. The second-order valence-corrected chi connectivity index (χ2v) is 7.91. The van der Waals surface area contributed by atoms with Gasteiger partial charge >= 0.3 is 11.9 Å². The van der Waals surface area contributed by atoms with Gasteiger partial charge in [0.2, 0.25) is 11.8 Å². The largest absolute Gasteiger partial charge is 0.481 e. The molecule has 0 fully saturated rings. The van der Waals surface area contributed by atoms with Crippen LogP contribution in [0.15, 0.2) is 70.9 Å². The Kier molecular flexibility index (Phi) is 12.0. The maximum absolute atomic E-state index is 12.2. The number of carboxylic acids is 2. The van der Waals surface area contributed by atoms with Gasteiger partial charge in [-0.25, -0.2) is 10.9 Å². The normalized spacial score (nSPS) is 11.6. The Bertz CT molecular complexity index is 997. The third-order valence-electron chi connectivity index (χ3n) is 5.05. The first-order valence-corrected chi connectivity index (χ1v) is 11.6. The first-order valence-electron chi connectivity index (χ1n) is 11.6. The van der Waals surface area contributed by atoms with Crippen molar-refractivity contribution < 1.29 is 29.4 Å². The average Bonchev–Trinajstić information content (AvgIpc) is 2.87. The van der Waals surface area contributed by atoms with Gasteiger partial charge in [0, 0.05) is 25.7 Å². The molecule has 0 aliphatic heterocycles. The lowest BCUT2D eigenvalue weighted by Crippen LogP contribution is -2.21. The van der Waals surface area contributed by atoms with Crippen molar-refractivity contribution in [1.82, 2.24) is 10.9 Å². The summed E-state index contributed by atoms with van der Waals surface area (Å²) in [6, 6.07) is 18.0. The zero-order valence-corrected chi connectivity index (χ0v) is 19.9. The minimum absolute atomic E-state index is 0.108. The van der Waals surface area contributed by atoms with Gasteiger partial charge < -0.3 is 10.2 Å². The van der Waals surface area contributed by atoms with E-state index in [9.17, 15) is 19.2 Å². The molecule has 0 aromatic heterocycles. The number of nitrogens with zero attached hydrogens (tertiary/aromatic N) is 2. The van der Waals surface area contributed by atoms with Crippen LogP contribution in [0.25, 0.3) is 0 Å². The molecule has 2 rings (SSSR count). The van der Waals surface area contributed by atoms with E-state index in [1.165, 1.54) is 0 Å². The van der Waals surface area contributed by atoms with Crippen LogP contribution in [0.2, 0.25) is 0 Å². The van der Waals surface area contributed by atoms with Gasteiger partial charge in [0.05, 0.1) is 24.3 Å². The average molecular weight is 495 g/mol. The second-order valence-electron chi connectivity index (χ2n) is 7.91. The fourth-order valence-electron chi connectivity index (χ4n) is 3.18. The van der Waals surface area contributed by atoms with E-state index in [1.807, 2.05) is 12.1 Å². The summed E-state index contributed by atoms with van der Waals surface area (Å²) in [5.41, 5.74) is 7.33. The Hall–Kier alpha value is -4.34. The number of amides is 2. The molecule has 0 aliphatic carbocycles. The van der Waals surface area contributed by atoms with Crippen molar-refractivity contribution in [2.75, 3.05) is 0 Å². The Morgan fingerprint density at radius 3 is 1.25 bits per heavy atom. The van der Waals surface area contributed by atoms with Crippen molar-refractivity contribution in [3.63, 3.8) is 0 Å². The molecule has 0 aliphatic rings. The van der Waals surface area contributed by atoms with Gasteiger partial charge in [0.25, 0.3) is 0 Å². The molecule has 2 amide bonds. The number of carboxylic acid groups (broad SMARTS) is 2. The summed E-state index contributed by atoms with van der Waals surface area (Å²) >= 11 is 0. The summed E-state index contributed by atoms with van der Waals surface area (Å²) in [5, 5.41) is 26.1.